The first-order valence-electron chi connectivity index (χ1n) is 6.42. The molecule has 0 atom stereocenters. The second kappa shape index (κ2) is 5.97. The molecule has 0 saturated carbocycles. The number of nitrogens with one attached hydrogen (secondary N) is 1. The fourth-order valence-corrected chi connectivity index (χ4v) is 2.38. The number of nitrogen functional groups attached to an aromatic ring is 1. The number of nitrogens with two attached hydrogens (primary N) is 1. The third-order valence-corrected chi connectivity index (χ3v) is 3.65. The Balaban J connectivity index is 2.27. The molecule has 1 aromatic heterocycles. The molecular formula is C11H19N7O2. The van der Waals surface area contributed by atoms with Crippen LogP contribution in [0.4, 0.5) is 17.5 Å². The smallest absolute Gasteiger partial charge is 0.329 e. The summed E-state index contributed by atoms with van der Waals surface area (Å²) < 4.78 is 0. The molecule has 0 bridgehead atoms. The standard InChI is InChI=1S/C11H19N7O2/c1-16-5-3-8(4-6-16)17(2)10-9(18(19)20)7-13-11(14-10)15-12/h7-8H,3-6,12H2,1-2H3,(H,13,14,15). The highest BCUT2D eigenvalue weighted by atomic mass is 16.6. The number of nitrogens with zero attached hydrogens (tertiary/aromatic N) is 5. The first kappa shape index (κ1) is 14.4. The van der Waals surface area contributed by atoms with Gasteiger partial charge < -0.3 is 9.80 Å². The van der Waals surface area contributed by atoms with Crippen LogP contribution in [0.3, 0.4) is 0 Å². The molecule has 3 N–H and O–H groups in total. The molecule has 1 saturated heterocycles. The third kappa shape index (κ3) is 2.94. The Morgan fingerprint density at radius 2 is 2.20 bits per heavy atom. The number of anilines is 2. The molecule has 1 aliphatic rings. The van der Waals surface area contributed by atoms with Crippen molar-refractivity contribution in [2.45, 2.75) is 18.9 Å². The molecule has 2 heterocycles. The summed E-state index contributed by atoms with van der Waals surface area (Å²) in [6.07, 6.45) is 3.07. The minimum Gasteiger partial charge on any atom is -0.351 e. The molecule has 2 rings (SSSR count). The quantitative estimate of drug-likeness (QED) is 0.457. The number of rotatable bonds is 4. The van der Waals surface area contributed by atoms with Gasteiger partial charge in [-0.2, -0.15) is 4.98 Å². The van der Waals surface area contributed by atoms with Crippen LogP contribution in [0.25, 0.3) is 0 Å². The van der Waals surface area contributed by atoms with E-state index in [0.717, 1.165) is 25.9 Å². The Morgan fingerprint density at radius 3 is 2.75 bits per heavy atom. The fourth-order valence-electron chi connectivity index (χ4n) is 2.38. The molecule has 1 aliphatic heterocycles. The van der Waals surface area contributed by atoms with Crippen molar-refractivity contribution in [2.75, 3.05) is 37.5 Å². The number of aromatic nitrogens is 2. The number of hydrogen-bond donors (Lipinski definition) is 2. The largest absolute Gasteiger partial charge is 0.351 e. The summed E-state index contributed by atoms with van der Waals surface area (Å²) in [7, 11) is 3.89. The van der Waals surface area contributed by atoms with Gasteiger partial charge in [-0.1, -0.05) is 0 Å². The number of likely N-dealkylation sites (tertiary alicyclic amines) is 1. The number of nitro groups is 1. The summed E-state index contributed by atoms with van der Waals surface area (Å²) in [5.41, 5.74) is 2.21. The van der Waals surface area contributed by atoms with Crippen LogP contribution in [-0.4, -0.2) is 53.0 Å². The second-order valence-corrected chi connectivity index (χ2v) is 4.95. The molecule has 0 aliphatic carbocycles. The topological polar surface area (TPSA) is 113 Å². The minimum atomic E-state index is -0.471. The zero-order valence-corrected chi connectivity index (χ0v) is 11.6. The molecule has 9 heteroatoms. The third-order valence-electron chi connectivity index (χ3n) is 3.65. The van der Waals surface area contributed by atoms with Crippen LogP contribution < -0.4 is 16.2 Å². The van der Waals surface area contributed by atoms with E-state index >= 15 is 0 Å². The molecule has 9 nitrogen and oxygen atoms in total. The first-order valence-corrected chi connectivity index (χ1v) is 6.42. The Bertz CT molecular complexity index is 488. The maximum absolute atomic E-state index is 11.1. The summed E-state index contributed by atoms with van der Waals surface area (Å²) in [6.45, 7) is 1.94. The van der Waals surface area contributed by atoms with Crippen molar-refractivity contribution in [1.82, 2.24) is 14.9 Å². The number of hydrazine groups is 1. The Hall–Kier alpha value is -2.00. The van der Waals surface area contributed by atoms with Gasteiger partial charge in [-0.25, -0.2) is 10.8 Å². The lowest BCUT2D eigenvalue weighted by Gasteiger charge is -2.35. The molecule has 0 spiro atoms. The maximum Gasteiger partial charge on any atom is 0.329 e. The van der Waals surface area contributed by atoms with Crippen LogP contribution in [0.5, 0.6) is 0 Å². The van der Waals surface area contributed by atoms with E-state index < -0.39 is 4.92 Å². The van der Waals surface area contributed by atoms with E-state index in [9.17, 15) is 10.1 Å². The molecule has 0 radical (unpaired) electrons. The fraction of sp³-hybridized carbons (Fsp3) is 0.636. The normalized spacial score (nSPS) is 16.9. The van der Waals surface area contributed by atoms with Gasteiger partial charge in [-0.15, -0.1) is 0 Å². The monoisotopic (exact) mass is 281 g/mol. The molecule has 20 heavy (non-hydrogen) atoms. The maximum atomic E-state index is 11.1. The summed E-state index contributed by atoms with van der Waals surface area (Å²) in [5.74, 6) is 5.74. The Morgan fingerprint density at radius 1 is 1.55 bits per heavy atom. The van der Waals surface area contributed by atoms with E-state index in [1.165, 1.54) is 6.20 Å². The number of piperidine rings is 1. The zero-order valence-electron chi connectivity index (χ0n) is 11.6. The zero-order chi connectivity index (χ0) is 14.7. The predicted molar refractivity (Wildman–Crippen MR) is 75.4 cm³/mol. The van der Waals surface area contributed by atoms with Gasteiger partial charge in [0.25, 0.3) is 0 Å². The summed E-state index contributed by atoms with van der Waals surface area (Å²) in [4.78, 5) is 22.6. The van der Waals surface area contributed by atoms with Crippen molar-refractivity contribution in [3.63, 3.8) is 0 Å². The average Bonchev–Trinajstić information content (AvgIpc) is 2.46. The van der Waals surface area contributed by atoms with Gasteiger partial charge >= 0.3 is 5.69 Å². The van der Waals surface area contributed by atoms with Crippen LogP contribution >= 0.6 is 0 Å². The molecule has 0 aromatic carbocycles. The second-order valence-electron chi connectivity index (χ2n) is 4.95. The molecule has 110 valence electrons. The number of hydrogen-bond acceptors (Lipinski definition) is 8. The van der Waals surface area contributed by atoms with Crippen molar-refractivity contribution in [3.05, 3.63) is 16.3 Å². The van der Waals surface area contributed by atoms with Gasteiger partial charge in [-0.3, -0.25) is 15.5 Å². The lowest BCUT2D eigenvalue weighted by Crippen LogP contribution is -2.42. The summed E-state index contributed by atoms with van der Waals surface area (Å²) in [6, 6.07) is 0.227. The highest BCUT2D eigenvalue weighted by molar-refractivity contribution is 5.59. The van der Waals surface area contributed by atoms with Crippen molar-refractivity contribution in [1.29, 1.82) is 0 Å². The highest BCUT2D eigenvalue weighted by Crippen LogP contribution is 2.28. The average molecular weight is 281 g/mol. The first-order chi connectivity index (χ1) is 9.52. The van der Waals surface area contributed by atoms with Gasteiger partial charge in [0.05, 0.1) is 4.92 Å². The van der Waals surface area contributed by atoms with Gasteiger partial charge in [0.15, 0.2) is 0 Å². The highest BCUT2D eigenvalue weighted by Gasteiger charge is 2.27. The minimum absolute atomic E-state index is 0.106. The SMILES string of the molecule is CN1CCC(N(C)c2nc(NN)ncc2[N+](=O)[O-])CC1. The van der Waals surface area contributed by atoms with E-state index in [-0.39, 0.29) is 17.7 Å². The van der Waals surface area contributed by atoms with Crippen molar-refractivity contribution in [2.24, 2.45) is 5.84 Å². The van der Waals surface area contributed by atoms with Crippen molar-refractivity contribution >= 4 is 17.5 Å². The van der Waals surface area contributed by atoms with Crippen molar-refractivity contribution in [3.8, 4) is 0 Å². The van der Waals surface area contributed by atoms with Crippen LogP contribution in [-0.2, 0) is 0 Å². The van der Waals surface area contributed by atoms with Crippen molar-refractivity contribution < 1.29 is 4.92 Å². The van der Waals surface area contributed by atoms with Gasteiger partial charge in [0, 0.05) is 13.1 Å². The van der Waals surface area contributed by atoms with Gasteiger partial charge in [-0.05, 0) is 33.0 Å². The lowest BCUT2D eigenvalue weighted by molar-refractivity contribution is -0.384. The van der Waals surface area contributed by atoms with E-state index in [4.69, 9.17) is 5.84 Å². The van der Waals surface area contributed by atoms with Crippen LogP contribution in [0.15, 0.2) is 6.20 Å². The van der Waals surface area contributed by atoms with Crippen LogP contribution in [0, 0.1) is 10.1 Å². The van der Waals surface area contributed by atoms with E-state index in [1.54, 1.807) is 0 Å². The molecule has 1 fully saturated rings. The predicted octanol–water partition coefficient (Wildman–Crippen LogP) is 0.201. The molecule has 0 unspecified atom stereocenters. The molecule has 1 aromatic rings. The van der Waals surface area contributed by atoms with Crippen LogP contribution in [0.2, 0.25) is 0 Å². The van der Waals surface area contributed by atoms with E-state index in [0.29, 0.717) is 5.82 Å². The summed E-state index contributed by atoms with van der Waals surface area (Å²) >= 11 is 0. The molecular weight excluding hydrogens is 262 g/mol. The summed E-state index contributed by atoms with van der Waals surface area (Å²) in [5, 5.41) is 11.1. The molecule has 0 amide bonds. The Kier molecular flexibility index (Phi) is 4.30. The lowest BCUT2D eigenvalue weighted by atomic mass is 10.0. The van der Waals surface area contributed by atoms with Crippen LogP contribution in [0.1, 0.15) is 12.8 Å². The van der Waals surface area contributed by atoms with Gasteiger partial charge in [0.2, 0.25) is 11.8 Å². The van der Waals surface area contributed by atoms with Gasteiger partial charge in [0.1, 0.15) is 6.20 Å². The Labute approximate surface area is 116 Å². The van der Waals surface area contributed by atoms with E-state index in [2.05, 4.69) is 27.3 Å². The van der Waals surface area contributed by atoms with E-state index in [1.807, 2.05) is 11.9 Å².